The van der Waals surface area contributed by atoms with Crippen molar-refractivity contribution in [3.8, 4) is 0 Å². The van der Waals surface area contributed by atoms with Crippen LogP contribution >= 0.6 is 11.6 Å². The van der Waals surface area contributed by atoms with Gasteiger partial charge < -0.3 is 15.5 Å². The molecule has 3 aromatic rings. The van der Waals surface area contributed by atoms with Gasteiger partial charge in [-0.2, -0.15) is 5.10 Å². The van der Waals surface area contributed by atoms with Gasteiger partial charge in [-0.25, -0.2) is 22.7 Å². The number of aliphatic hydroxyl groups is 2. The number of nitrogens with one attached hydrogen (secondary N) is 2. The van der Waals surface area contributed by atoms with Crippen LogP contribution in [0.1, 0.15) is 59.0 Å². The maximum atomic E-state index is 13.0. The number of rotatable bonds is 10. The summed E-state index contributed by atoms with van der Waals surface area (Å²) in [5.74, 6) is 0.828. The average Bonchev–Trinajstić information content (AvgIpc) is 3.50. The van der Waals surface area contributed by atoms with Crippen LogP contribution < -0.4 is 5.32 Å². The number of aryl methyl sites for hydroxylation is 3. The number of piperidine rings is 1. The van der Waals surface area contributed by atoms with Crippen LogP contribution in [-0.2, 0) is 16.4 Å². The minimum Gasteiger partial charge on any atom is -0.389 e. The molecule has 0 radical (unpaired) electrons. The van der Waals surface area contributed by atoms with Crippen LogP contribution in [0, 0.1) is 20.8 Å². The Morgan fingerprint density at radius 2 is 1.79 bits per heavy atom. The molecule has 2 aliphatic rings. The lowest BCUT2D eigenvalue weighted by molar-refractivity contribution is 0.0572. The summed E-state index contributed by atoms with van der Waals surface area (Å²) >= 11 is 6.37. The van der Waals surface area contributed by atoms with Gasteiger partial charge in [0.05, 0.1) is 40.6 Å². The fourth-order valence-electron chi connectivity index (χ4n) is 5.93. The number of hydrogen-bond donors (Lipinski definition) is 4. The van der Waals surface area contributed by atoms with E-state index < -0.39 is 22.2 Å². The van der Waals surface area contributed by atoms with Crippen molar-refractivity contribution in [1.82, 2.24) is 29.4 Å². The van der Waals surface area contributed by atoms with Crippen molar-refractivity contribution in [1.29, 1.82) is 0 Å². The number of anilines is 2. The summed E-state index contributed by atoms with van der Waals surface area (Å²) in [6, 6.07) is 6.26. The van der Waals surface area contributed by atoms with Crippen molar-refractivity contribution in [3.05, 3.63) is 63.2 Å². The van der Waals surface area contributed by atoms with E-state index in [0.717, 1.165) is 41.0 Å². The monoisotopic (exact) mass is 617 g/mol. The molecule has 13 heteroatoms. The molecule has 5 rings (SSSR count). The van der Waals surface area contributed by atoms with Gasteiger partial charge in [-0.15, -0.1) is 0 Å². The van der Waals surface area contributed by atoms with Crippen LogP contribution in [0.2, 0.25) is 5.02 Å². The predicted octanol–water partition coefficient (Wildman–Crippen LogP) is 3.05. The van der Waals surface area contributed by atoms with E-state index in [2.05, 4.69) is 44.5 Å². The minimum absolute atomic E-state index is 0.0781. The van der Waals surface area contributed by atoms with E-state index >= 15 is 0 Å². The number of benzene rings is 1. The molecule has 228 valence electrons. The van der Waals surface area contributed by atoms with Gasteiger partial charge in [0.25, 0.3) is 0 Å². The molecule has 2 aliphatic heterocycles. The lowest BCUT2D eigenvalue weighted by atomic mass is 9.86. The number of nitrogens with zero attached hydrogens (tertiary/aromatic N) is 5. The van der Waals surface area contributed by atoms with Crippen molar-refractivity contribution in [3.63, 3.8) is 0 Å². The lowest BCUT2D eigenvalue weighted by Gasteiger charge is -2.32. The zero-order valence-electron chi connectivity index (χ0n) is 24.3. The summed E-state index contributed by atoms with van der Waals surface area (Å²) in [7, 11) is -3.35. The first-order chi connectivity index (χ1) is 20.0. The Morgan fingerprint density at radius 3 is 2.45 bits per heavy atom. The Morgan fingerprint density at radius 1 is 1.07 bits per heavy atom. The van der Waals surface area contributed by atoms with Gasteiger partial charge in [-0.3, -0.25) is 10.00 Å². The van der Waals surface area contributed by atoms with Crippen LogP contribution in [-0.4, -0.2) is 98.7 Å². The standard InChI is InChI=1S/C29H40ClN7O4S/c1-18-12-25(32-29-31-15-24(30)26(33-29)14-22-13-20(3)34-35-22)19(2)11-23(18)21-5-8-37(9-6-21)42(40,41)10-4-7-36-16-27(38)28(39)17-36/h11-13,15,21,27-28,38-39H,4-10,14,16-17H2,1-3H3,(H,34,35)(H,31,32,33)/t27-,28-/m1/s1. The Balaban J connectivity index is 1.17. The number of β-amino-alcohol motifs (C(OH)–C–C–N with tert-alkyl or cyclic N) is 2. The van der Waals surface area contributed by atoms with Crippen LogP contribution in [0.15, 0.2) is 24.4 Å². The van der Waals surface area contributed by atoms with Crippen molar-refractivity contribution < 1.29 is 18.6 Å². The number of likely N-dealkylation sites (tertiary alicyclic amines) is 1. The minimum atomic E-state index is -3.35. The number of sulfonamides is 1. The quantitative estimate of drug-likeness (QED) is 0.269. The van der Waals surface area contributed by atoms with Crippen LogP contribution in [0.4, 0.5) is 11.6 Å². The maximum absolute atomic E-state index is 13.0. The summed E-state index contributed by atoms with van der Waals surface area (Å²) in [6.07, 6.45) is 2.62. The Kier molecular flexibility index (Phi) is 9.50. The van der Waals surface area contributed by atoms with Gasteiger partial charge >= 0.3 is 0 Å². The molecule has 4 N–H and O–H groups in total. The molecule has 11 nitrogen and oxygen atoms in total. The SMILES string of the molecule is Cc1cc(Cc2nc(Nc3cc(C)c(C4CCN(S(=O)(=O)CCCN5C[C@@H](O)[C@H](O)C5)CC4)cc3C)ncc2Cl)n[nH]1. The van der Waals surface area contributed by atoms with Gasteiger partial charge in [0.1, 0.15) is 0 Å². The van der Waals surface area contributed by atoms with E-state index in [1.54, 1.807) is 10.5 Å². The summed E-state index contributed by atoms with van der Waals surface area (Å²) in [6.45, 7) is 8.42. The molecule has 2 aromatic heterocycles. The number of H-pyrrole nitrogens is 1. The molecule has 2 fully saturated rings. The van der Waals surface area contributed by atoms with E-state index in [1.807, 2.05) is 24.8 Å². The third-order valence-electron chi connectivity index (χ3n) is 8.28. The van der Waals surface area contributed by atoms with E-state index in [0.29, 0.717) is 62.2 Å². The highest BCUT2D eigenvalue weighted by molar-refractivity contribution is 7.89. The summed E-state index contributed by atoms with van der Waals surface area (Å²) in [5, 5.41) is 30.4. The molecule has 0 bridgehead atoms. The van der Waals surface area contributed by atoms with Crippen molar-refractivity contribution in [2.24, 2.45) is 0 Å². The zero-order valence-corrected chi connectivity index (χ0v) is 25.9. The van der Waals surface area contributed by atoms with Gasteiger partial charge in [0.2, 0.25) is 16.0 Å². The zero-order chi connectivity index (χ0) is 30.0. The second kappa shape index (κ2) is 12.9. The molecule has 0 spiro atoms. The third-order valence-corrected chi connectivity index (χ3v) is 10.6. The van der Waals surface area contributed by atoms with Gasteiger partial charge in [-0.1, -0.05) is 17.7 Å². The first kappa shape index (κ1) is 30.8. The Hall–Kier alpha value is -2.61. The van der Waals surface area contributed by atoms with Crippen LogP contribution in [0.25, 0.3) is 0 Å². The predicted molar refractivity (Wildman–Crippen MR) is 163 cm³/mol. The number of halogens is 1. The molecule has 0 saturated carbocycles. The number of hydrogen-bond acceptors (Lipinski definition) is 9. The molecule has 2 saturated heterocycles. The first-order valence-electron chi connectivity index (χ1n) is 14.5. The number of aromatic amines is 1. The van der Waals surface area contributed by atoms with Gasteiger partial charge in [0, 0.05) is 44.0 Å². The van der Waals surface area contributed by atoms with E-state index in [-0.39, 0.29) is 11.7 Å². The maximum Gasteiger partial charge on any atom is 0.227 e. The van der Waals surface area contributed by atoms with E-state index in [4.69, 9.17) is 11.6 Å². The molecule has 4 heterocycles. The first-order valence-corrected chi connectivity index (χ1v) is 16.4. The molecule has 42 heavy (non-hydrogen) atoms. The third kappa shape index (κ3) is 7.29. The Labute approximate surface area is 252 Å². The van der Waals surface area contributed by atoms with Gasteiger partial charge in [0.15, 0.2) is 0 Å². The van der Waals surface area contributed by atoms with Gasteiger partial charge in [-0.05, 0) is 81.3 Å². The van der Waals surface area contributed by atoms with Crippen LogP contribution in [0.3, 0.4) is 0 Å². The van der Waals surface area contributed by atoms with Crippen molar-refractivity contribution in [2.45, 2.75) is 64.6 Å². The van der Waals surface area contributed by atoms with Crippen molar-refractivity contribution in [2.75, 3.05) is 43.8 Å². The highest BCUT2D eigenvalue weighted by Gasteiger charge is 2.31. The number of aromatic nitrogens is 4. The molecular formula is C29H40ClN7O4S. The second-order valence-electron chi connectivity index (χ2n) is 11.6. The number of aliphatic hydroxyl groups excluding tert-OH is 2. The highest BCUT2D eigenvalue weighted by atomic mass is 35.5. The van der Waals surface area contributed by atoms with E-state index in [9.17, 15) is 18.6 Å². The summed E-state index contributed by atoms with van der Waals surface area (Å²) in [4.78, 5) is 10.9. The normalized spacial score (nSPS) is 20.8. The summed E-state index contributed by atoms with van der Waals surface area (Å²) in [5.41, 5.74) is 6.89. The van der Waals surface area contributed by atoms with E-state index in [1.165, 1.54) is 5.56 Å². The summed E-state index contributed by atoms with van der Waals surface area (Å²) < 4.78 is 27.6. The Bertz CT molecular complexity index is 1500. The fraction of sp³-hybridized carbons (Fsp3) is 0.552. The topological polar surface area (TPSA) is 148 Å². The molecule has 2 atom stereocenters. The largest absolute Gasteiger partial charge is 0.389 e. The molecular weight excluding hydrogens is 578 g/mol. The average molecular weight is 618 g/mol. The smallest absolute Gasteiger partial charge is 0.227 e. The fourth-order valence-corrected chi connectivity index (χ4v) is 7.61. The molecule has 0 unspecified atom stereocenters. The molecule has 0 aliphatic carbocycles. The highest BCUT2D eigenvalue weighted by Crippen LogP contribution is 2.34. The second-order valence-corrected chi connectivity index (χ2v) is 14.1. The van der Waals surface area contributed by atoms with Crippen LogP contribution in [0.5, 0.6) is 0 Å². The lowest BCUT2D eigenvalue weighted by Crippen LogP contribution is -2.40. The van der Waals surface area contributed by atoms with Crippen molar-refractivity contribution >= 4 is 33.3 Å². The molecule has 1 aromatic carbocycles. The molecule has 0 amide bonds.